The van der Waals surface area contributed by atoms with Crippen LogP contribution in [0.2, 0.25) is 0 Å². The van der Waals surface area contributed by atoms with Crippen molar-refractivity contribution in [1.29, 1.82) is 0 Å². The smallest absolute Gasteiger partial charge is 0.140 e. The van der Waals surface area contributed by atoms with Gasteiger partial charge in [0.1, 0.15) is 11.4 Å². The molecule has 4 nitrogen and oxygen atoms in total. The summed E-state index contributed by atoms with van der Waals surface area (Å²) in [4.78, 5) is 0. The predicted molar refractivity (Wildman–Crippen MR) is 70.6 cm³/mol. The molecule has 16 heavy (non-hydrogen) atoms. The normalized spacial score (nSPS) is 9.94. The lowest BCUT2D eigenvalue weighted by Gasteiger charge is -2.18. The number of benzene rings is 1. The van der Waals surface area contributed by atoms with Crippen molar-refractivity contribution in [3.8, 4) is 5.75 Å². The van der Waals surface area contributed by atoms with Gasteiger partial charge in [0.2, 0.25) is 0 Å². The summed E-state index contributed by atoms with van der Waals surface area (Å²) in [5.74, 6) is 0.277. The third-order valence-electron chi connectivity index (χ3n) is 2.26. The first-order chi connectivity index (χ1) is 7.74. The molecule has 1 aromatic carbocycles. The second-order valence-electron chi connectivity index (χ2n) is 3.47. The van der Waals surface area contributed by atoms with Crippen LogP contribution in [0.5, 0.6) is 5.75 Å². The lowest BCUT2D eigenvalue weighted by atomic mass is 10.2. The number of phenols is 1. The Balaban J connectivity index is 3.14. The summed E-state index contributed by atoms with van der Waals surface area (Å²) < 4.78 is 0. The first kappa shape index (κ1) is 12.5. The molecule has 0 amide bonds. The standard InChI is InChI=1S/C12H21N3O/c1-4-13-9-7-8-10(16)12(15-6-3)11(9)14-5-2/h7-8,13-16H,4-6H2,1-3H3. The van der Waals surface area contributed by atoms with Crippen molar-refractivity contribution < 1.29 is 5.11 Å². The first-order valence-corrected chi connectivity index (χ1v) is 5.82. The van der Waals surface area contributed by atoms with Crippen molar-refractivity contribution in [2.75, 3.05) is 35.6 Å². The summed E-state index contributed by atoms with van der Waals surface area (Å²) in [6.45, 7) is 8.55. The minimum atomic E-state index is 0.277. The van der Waals surface area contributed by atoms with Crippen LogP contribution in [0.4, 0.5) is 17.1 Å². The SMILES string of the molecule is CCNc1ccc(O)c(NCC)c1NCC. The van der Waals surface area contributed by atoms with Crippen LogP contribution >= 0.6 is 0 Å². The maximum absolute atomic E-state index is 9.81. The number of aromatic hydroxyl groups is 1. The van der Waals surface area contributed by atoms with Gasteiger partial charge in [0.15, 0.2) is 0 Å². The molecule has 0 spiro atoms. The molecule has 0 aliphatic carbocycles. The van der Waals surface area contributed by atoms with Gasteiger partial charge in [-0.05, 0) is 32.9 Å². The average Bonchev–Trinajstić information content (AvgIpc) is 2.27. The largest absolute Gasteiger partial charge is 0.506 e. The van der Waals surface area contributed by atoms with E-state index >= 15 is 0 Å². The molecule has 4 N–H and O–H groups in total. The zero-order valence-electron chi connectivity index (χ0n) is 10.2. The minimum Gasteiger partial charge on any atom is -0.506 e. The number of rotatable bonds is 6. The van der Waals surface area contributed by atoms with Crippen molar-refractivity contribution in [3.63, 3.8) is 0 Å². The van der Waals surface area contributed by atoms with Crippen molar-refractivity contribution in [1.82, 2.24) is 0 Å². The summed E-state index contributed by atoms with van der Waals surface area (Å²) in [6, 6.07) is 3.59. The lowest BCUT2D eigenvalue weighted by Crippen LogP contribution is -2.08. The molecule has 0 heterocycles. The lowest BCUT2D eigenvalue weighted by molar-refractivity contribution is 0.477. The molecule has 0 bridgehead atoms. The van der Waals surface area contributed by atoms with E-state index in [1.165, 1.54) is 0 Å². The summed E-state index contributed by atoms with van der Waals surface area (Å²) in [5, 5.41) is 19.5. The van der Waals surface area contributed by atoms with Crippen LogP contribution in [0.15, 0.2) is 12.1 Å². The van der Waals surface area contributed by atoms with Crippen LogP contribution < -0.4 is 16.0 Å². The molecule has 0 aliphatic rings. The summed E-state index contributed by atoms with van der Waals surface area (Å²) in [5.41, 5.74) is 2.71. The Morgan fingerprint density at radius 3 is 2.00 bits per heavy atom. The van der Waals surface area contributed by atoms with Crippen molar-refractivity contribution in [3.05, 3.63) is 12.1 Å². The monoisotopic (exact) mass is 223 g/mol. The fourth-order valence-electron chi connectivity index (χ4n) is 1.65. The molecular weight excluding hydrogens is 202 g/mol. The molecule has 0 fully saturated rings. The molecular formula is C12H21N3O. The van der Waals surface area contributed by atoms with Gasteiger partial charge < -0.3 is 21.1 Å². The molecule has 1 rings (SSSR count). The Morgan fingerprint density at radius 2 is 1.44 bits per heavy atom. The van der Waals surface area contributed by atoms with E-state index < -0.39 is 0 Å². The number of nitrogens with one attached hydrogen (secondary N) is 3. The van der Waals surface area contributed by atoms with Crippen LogP contribution in [0.1, 0.15) is 20.8 Å². The zero-order valence-corrected chi connectivity index (χ0v) is 10.2. The molecule has 90 valence electrons. The van der Waals surface area contributed by atoms with E-state index in [4.69, 9.17) is 0 Å². The average molecular weight is 223 g/mol. The van der Waals surface area contributed by atoms with Crippen LogP contribution in [0, 0.1) is 0 Å². The summed E-state index contributed by atoms with van der Waals surface area (Å²) in [7, 11) is 0. The summed E-state index contributed by atoms with van der Waals surface area (Å²) >= 11 is 0. The van der Waals surface area contributed by atoms with Gasteiger partial charge in [0.05, 0.1) is 11.4 Å². The summed E-state index contributed by atoms with van der Waals surface area (Å²) in [6.07, 6.45) is 0. The first-order valence-electron chi connectivity index (χ1n) is 5.82. The van der Waals surface area contributed by atoms with E-state index in [1.807, 2.05) is 19.9 Å². The van der Waals surface area contributed by atoms with Crippen LogP contribution in [-0.2, 0) is 0 Å². The number of phenolic OH excluding ortho intramolecular Hbond substituents is 1. The predicted octanol–water partition coefficient (Wildman–Crippen LogP) is 2.69. The maximum Gasteiger partial charge on any atom is 0.140 e. The van der Waals surface area contributed by atoms with Crippen LogP contribution in [0.3, 0.4) is 0 Å². The van der Waals surface area contributed by atoms with E-state index in [0.29, 0.717) is 0 Å². The molecule has 0 aromatic heterocycles. The highest BCUT2D eigenvalue weighted by Gasteiger charge is 2.11. The van der Waals surface area contributed by atoms with Gasteiger partial charge in [0, 0.05) is 19.6 Å². The van der Waals surface area contributed by atoms with E-state index in [9.17, 15) is 5.11 Å². The quantitative estimate of drug-likeness (QED) is 0.442. The molecule has 0 radical (unpaired) electrons. The molecule has 0 saturated heterocycles. The molecule has 0 unspecified atom stereocenters. The van der Waals surface area contributed by atoms with Gasteiger partial charge in [0.25, 0.3) is 0 Å². The minimum absolute atomic E-state index is 0.277. The topological polar surface area (TPSA) is 56.3 Å². The third-order valence-corrected chi connectivity index (χ3v) is 2.26. The van der Waals surface area contributed by atoms with Crippen LogP contribution in [0.25, 0.3) is 0 Å². The second-order valence-corrected chi connectivity index (χ2v) is 3.47. The highest BCUT2D eigenvalue weighted by Crippen LogP contribution is 2.37. The van der Waals surface area contributed by atoms with Gasteiger partial charge in [-0.3, -0.25) is 0 Å². The fourth-order valence-corrected chi connectivity index (χ4v) is 1.65. The second kappa shape index (κ2) is 6.10. The van der Waals surface area contributed by atoms with E-state index in [0.717, 1.165) is 36.7 Å². The van der Waals surface area contributed by atoms with Gasteiger partial charge >= 0.3 is 0 Å². The molecule has 0 atom stereocenters. The highest BCUT2D eigenvalue weighted by molar-refractivity contribution is 5.86. The maximum atomic E-state index is 9.81. The third kappa shape index (κ3) is 2.72. The highest BCUT2D eigenvalue weighted by atomic mass is 16.3. The van der Waals surface area contributed by atoms with E-state index in [-0.39, 0.29) is 5.75 Å². The molecule has 0 aliphatic heterocycles. The molecule has 0 saturated carbocycles. The van der Waals surface area contributed by atoms with Gasteiger partial charge in [-0.1, -0.05) is 0 Å². The van der Waals surface area contributed by atoms with Gasteiger partial charge in [-0.15, -0.1) is 0 Å². The fraction of sp³-hybridized carbons (Fsp3) is 0.500. The van der Waals surface area contributed by atoms with E-state index in [1.54, 1.807) is 6.07 Å². The van der Waals surface area contributed by atoms with Crippen molar-refractivity contribution in [2.45, 2.75) is 20.8 Å². The Hall–Kier alpha value is -1.58. The Bertz CT molecular complexity index is 339. The number of hydrogen-bond acceptors (Lipinski definition) is 4. The molecule has 1 aromatic rings. The van der Waals surface area contributed by atoms with Crippen LogP contribution in [-0.4, -0.2) is 24.7 Å². The Kier molecular flexibility index (Phi) is 4.76. The van der Waals surface area contributed by atoms with Gasteiger partial charge in [-0.25, -0.2) is 0 Å². The van der Waals surface area contributed by atoms with E-state index in [2.05, 4.69) is 22.9 Å². The van der Waals surface area contributed by atoms with Gasteiger partial charge in [-0.2, -0.15) is 0 Å². The van der Waals surface area contributed by atoms with Crippen molar-refractivity contribution in [2.24, 2.45) is 0 Å². The zero-order chi connectivity index (χ0) is 12.0. The number of hydrogen-bond donors (Lipinski definition) is 4. The molecule has 4 heteroatoms. The number of anilines is 3. The van der Waals surface area contributed by atoms with Crippen molar-refractivity contribution >= 4 is 17.1 Å². The Labute approximate surface area is 97.1 Å². The Morgan fingerprint density at radius 1 is 0.875 bits per heavy atom.